The molecule has 0 aromatic heterocycles. The molecule has 5 heteroatoms. The molecule has 1 saturated heterocycles. The van der Waals surface area contributed by atoms with Crippen molar-refractivity contribution in [1.82, 2.24) is 4.90 Å². The number of aliphatic hydroxyl groups excluding tert-OH is 1. The first-order valence-electron chi connectivity index (χ1n) is 9.21. The summed E-state index contributed by atoms with van der Waals surface area (Å²) in [5.74, 6) is 0.299. The first-order chi connectivity index (χ1) is 11.8. The van der Waals surface area contributed by atoms with Crippen molar-refractivity contribution in [2.24, 2.45) is 5.92 Å². The average molecular weight is 348 g/mol. The van der Waals surface area contributed by atoms with Crippen molar-refractivity contribution in [3.63, 3.8) is 0 Å². The number of aliphatic hydroxyl groups is 1. The highest BCUT2D eigenvalue weighted by Gasteiger charge is 2.33. The van der Waals surface area contributed by atoms with Crippen LogP contribution in [0, 0.1) is 12.8 Å². The second-order valence-corrected chi connectivity index (χ2v) is 7.91. The monoisotopic (exact) mass is 348 g/mol. The Balaban J connectivity index is 2.04. The third-order valence-electron chi connectivity index (χ3n) is 4.60. The smallest absolute Gasteiger partial charge is 0.410 e. The van der Waals surface area contributed by atoms with Crippen LogP contribution in [0.2, 0.25) is 0 Å². The molecular formula is C20H32N2O3. The lowest BCUT2D eigenvalue weighted by Gasteiger charge is -2.40. The Morgan fingerprint density at radius 3 is 2.72 bits per heavy atom. The average Bonchev–Trinajstić information content (AvgIpc) is 2.54. The van der Waals surface area contributed by atoms with E-state index in [0.717, 1.165) is 24.9 Å². The molecule has 1 aliphatic heterocycles. The minimum atomic E-state index is -0.478. The molecule has 2 unspecified atom stereocenters. The van der Waals surface area contributed by atoms with E-state index in [0.29, 0.717) is 25.0 Å². The highest BCUT2D eigenvalue weighted by atomic mass is 16.6. The van der Waals surface area contributed by atoms with Gasteiger partial charge in [-0.2, -0.15) is 0 Å². The summed E-state index contributed by atoms with van der Waals surface area (Å²) in [6.07, 6.45) is 2.28. The van der Waals surface area contributed by atoms with E-state index in [1.54, 1.807) is 0 Å². The third-order valence-corrected chi connectivity index (χ3v) is 4.60. The van der Waals surface area contributed by atoms with Crippen LogP contribution < -0.4 is 5.32 Å². The summed E-state index contributed by atoms with van der Waals surface area (Å²) >= 11 is 0. The number of hydrogen-bond acceptors (Lipinski definition) is 4. The standard InChI is InChI=1S/C20H32N2O3/c1-15-8-5-6-10-17(15)21-18-11-12-22(14-16(18)9-7-13-23)19(24)25-20(2,3)4/h5-6,8,10,16,18,21,23H,7,9,11-14H2,1-4H3. The number of ether oxygens (including phenoxy) is 1. The Kier molecular flexibility index (Phi) is 6.71. The van der Waals surface area contributed by atoms with Crippen LogP contribution in [-0.2, 0) is 4.74 Å². The van der Waals surface area contributed by atoms with Crippen molar-refractivity contribution in [2.75, 3.05) is 25.0 Å². The fourth-order valence-corrected chi connectivity index (χ4v) is 3.30. The molecule has 1 fully saturated rings. The van der Waals surface area contributed by atoms with E-state index in [-0.39, 0.29) is 12.7 Å². The Hall–Kier alpha value is -1.75. The lowest BCUT2D eigenvalue weighted by molar-refractivity contribution is 0.0147. The van der Waals surface area contributed by atoms with Gasteiger partial charge in [0.25, 0.3) is 0 Å². The van der Waals surface area contributed by atoms with Gasteiger partial charge in [0.05, 0.1) is 0 Å². The Bertz CT molecular complexity index is 568. The second kappa shape index (κ2) is 8.56. The summed E-state index contributed by atoms with van der Waals surface area (Å²) in [6.45, 7) is 9.30. The van der Waals surface area contributed by atoms with Crippen molar-refractivity contribution in [2.45, 2.75) is 58.6 Å². The van der Waals surface area contributed by atoms with E-state index in [9.17, 15) is 9.90 Å². The first kappa shape index (κ1) is 19.6. The van der Waals surface area contributed by atoms with Gasteiger partial charge in [0.15, 0.2) is 0 Å². The normalized spacial score (nSPS) is 21.1. The number of rotatable bonds is 5. The molecule has 25 heavy (non-hydrogen) atoms. The quantitative estimate of drug-likeness (QED) is 0.849. The van der Waals surface area contributed by atoms with Gasteiger partial charge in [0.2, 0.25) is 0 Å². The Morgan fingerprint density at radius 1 is 1.36 bits per heavy atom. The number of amides is 1. The molecule has 2 atom stereocenters. The molecule has 1 amide bonds. The molecular weight excluding hydrogens is 316 g/mol. The van der Waals surface area contributed by atoms with E-state index in [1.807, 2.05) is 37.8 Å². The summed E-state index contributed by atoms with van der Waals surface area (Å²) in [7, 11) is 0. The predicted octanol–water partition coefficient (Wildman–Crippen LogP) is 3.81. The molecule has 5 nitrogen and oxygen atoms in total. The lowest BCUT2D eigenvalue weighted by Crippen LogP contribution is -2.50. The van der Waals surface area contributed by atoms with Crippen molar-refractivity contribution in [3.8, 4) is 0 Å². The number of hydrogen-bond donors (Lipinski definition) is 2. The van der Waals surface area contributed by atoms with Gasteiger partial charge in [-0.25, -0.2) is 4.79 Å². The molecule has 0 spiro atoms. The van der Waals surface area contributed by atoms with Crippen molar-refractivity contribution < 1.29 is 14.6 Å². The van der Waals surface area contributed by atoms with Crippen molar-refractivity contribution in [3.05, 3.63) is 29.8 Å². The molecule has 1 heterocycles. The van der Waals surface area contributed by atoms with Crippen LogP contribution >= 0.6 is 0 Å². The van der Waals surface area contributed by atoms with Crippen LogP contribution in [0.3, 0.4) is 0 Å². The number of aryl methyl sites for hydroxylation is 1. The van der Waals surface area contributed by atoms with Crippen LogP contribution in [0.5, 0.6) is 0 Å². The van der Waals surface area contributed by atoms with Gasteiger partial charge < -0.3 is 20.1 Å². The van der Waals surface area contributed by atoms with E-state index in [2.05, 4.69) is 24.4 Å². The van der Waals surface area contributed by atoms with E-state index < -0.39 is 5.60 Å². The van der Waals surface area contributed by atoms with E-state index in [1.165, 1.54) is 5.56 Å². The van der Waals surface area contributed by atoms with Crippen molar-refractivity contribution in [1.29, 1.82) is 0 Å². The Labute approximate surface area is 151 Å². The molecule has 0 bridgehead atoms. The number of carbonyl (C=O) groups excluding carboxylic acids is 1. The molecule has 1 aliphatic rings. The maximum absolute atomic E-state index is 12.4. The first-order valence-corrected chi connectivity index (χ1v) is 9.21. The molecule has 2 N–H and O–H groups in total. The summed E-state index contributed by atoms with van der Waals surface area (Å²) in [6, 6.07) is 8.56. The number of likely N-dealkylation sites (tertiary alicyclic amines) is 1. The second-order valence-electron chi connectivity index (χ2n) is 7.91. The van der Waals surface area contributed by atoms with E-state index in [4.69, 9.17) is 4.74 Å². The number of nitrogens with one attached hydrogen (secondary N) is 1. The molecule has 1 aromatic carbocycles. The number of para-hydroxylation sites is 1. The Morgan fingerprint density at radius 2 is 2.08 bits per heavy atom. The SMILES string of the molecule is Cc1ccccc1NC1CCN(C(=O)OC(C)(C)C)CC1CCCO. The minimum absolute atomic E-state index is 0.181. The zero-order chi connectivity index (χ0) is 18.4. The number of piperidine rings is 1. The topological polar surface area (TPSA) is 61.8 Å². The summed E-state index contributed by atoms with van der Waals surface area (Å²) < 4.78 is 5.52. The number of benzene rings is 1. The maximum Gasteiger partial charge on any atom is 0.410 e. The fourth-order valence-electron chi connectivity index (χ4n) is 3.30. The molecule has 140 valence electrons. The molecule has 0 radical (unpaired) electrons. The van der Waals surface area contributed by atoms with Gasteiger partial charge in [0.1, 0.15) is 5.60 Å². The minimum Gasteiger partial charge on any atom is -0.444 e. The van der Waals surface area contributed by atoms with Gasteiger partial charge in [-0.05, 0) is 64.5 Å². The number of carbonyl (C=O) groups is 1. The fraction of sp³-hybridized carbons (Fsp3) is 0.650. The number of anilines is 1. The van der Waals surface area contributed by atoms with Crippen LogP contribution in [0.4, 0.5) is 10.5 Å². The van der Waals surface area contributed by atoms with E-state index >= 15 is 0 Å². The number of nitrogens with zero attached hydrogens (tertiary/aromatic N) is 1. The maximum atomic E-state index is 12.4. The molecule has 1 aromatic rings. The zero-order valence-corrected chi connectivity index (χ0v) is 15.9. The highest BCUT2D eigenvalue weighted by molar-refractivity contribution is 5.68. The molecule has 0 aliphatic carbocycles. The largest absolute Gasteiger partial charge is 0.444 e. The van der Waals surface area contributed by atoms with Gasteiger partial charge >= 0.3 is 6.09 Å². The lowest BCUT2D eigenvalue weighted by atomic mass is 9.88. The van der Waals surface area contributed by atoms with Crippen LogP contribution in [0.15, 0.2) is 24.3 Å². The van der Waals surface area contributed by atoms with Gasteiger partial charge in [0, 0.05) is 31.4 Å². The summed E-state index contributed by atoms with van der Waals surface area (Å²) in [5, 5.41) is 12.9. The van der Waals surface area contributed by atoms with Gasteiger partial charge in [-0.15, -0.1) is 0 Å². The summed E-state index contributed by atoms with van der Waals surface area (Å²) in [5.41, 5.74) is 1.89. The van der Waals surface area contributed by atoms with Crippen LogP contribution in [0.1, 0.15) is 45.6 Å². The van der Waals surface area contributed by atoms with Gasteiger partial charge in [-0.1, -0.05) is 18.2 Å². The van der Waals surface area contributed by atoms with Gasteiger partial charge in [-0.3, -0.25) is 0 Å². The highest BCUT2D eigenvalue weighted by Crippen LogP contribution is 2.27. The molecule has 0 saturated carbocycles. The summed E-state index contributed by atoms with van der Waals surface area (Å²) in [4.78, 5) is 14.2. The van der Waals surface area contributed by atoms with Crippen molar-refractivity contribution >= 4 is 11.8 Å². The molecule has 2 rings (SSSR count). The van der Waals surface area contributed by atoms with Crippen LogP contribution in [-0.4, -0.2) is 47.4 Å². The predicted molar refractivity (Wildman–Crippen MR) is 101 cm³/mol. The zero-order valence-electron chi connectivity index (χ0n) is 15.9. The van der Waals surface area contributed by atoms with Crippen LogP contribution in [0.25, 0.3) is 0 Å². The third kappa shape index (κ3) is 5.92.